The SMILES string of the molecule is CCCNC(=O)c1cc(NCC)ncc1Cl. The molecule has 0 aliphatic rings. The van der Waals surface area contributed by atoms with Gasteiger partial charge in [0.15, 0.2) is 0 Å². The predicted octanol–water partition coefficient (Wildman–Crippen LogP) is 2.31. The summed E-state index contributed by atoms with van der Waals surface area (Å²) in [7, 11) is 0. The number of halogens is 1. The van der Waals surface area contributed by atoms with Crippen LogP contribution >= 0.6 is 11.6 Å². The zero-order valence-corrected chi connectivity index (χ0v) is 10.3. The van der Waals surface area contributed by atoms with Crippen molar-refractivity contribution < 1.29 is 4.79 Å². The van der Waals surface area contributed by atoms with Gasteiger partial charge in [0.1, 0.15) is 5.82 Å². The van der Waals surface area contributed by atoms with Crippen molar-refractivity contribution in [2.45, 2.75) is 20.3 Å². The van der Waals surface area contributed by atoms with Gasteiger partial charge < -0.3 is 10.6 Å². The summed E-state index contributed by atoms with van der Waals surface area (Å²) in [6.07, 6.45) is 2.38. The fourth-order valence-corrected chi connectivity index (χ4v) is 1.41. The minimum absolute atomic E-state index is 0.159. The number of pyridine rings is 1. The second kappa shape index (κ2) is 6.33. The van der Waals surface area contributed by atoms with E-state index < -0.39 is 0 Å². The smallest absolute Gasteiger partial charge is 0.252 e. The molecule has 0 aliphatic heterocycles. The van der Waals surface area contributed by atoms with E-state index in [2.05, 4.69) is 15.6 Å². The van der Waals surface area contributed by atoms with E-state index in [-0.39, 0.29) is 5.91 Å². The number of aromatic nitrogens is 1. The van der Waals surface area contributed by atoms with Crippen LogP contribution in [-0.4, -0.2) is 24.0 Å². The lowest BCUT2D eigenvalue weighted by atomic mass is 10.2. The van der Waals surface area contributed by atoms with Gasteiger partial charge in [0, 0.05) is 19.3 Å². The summed E-state index contributed by atoms with van der Waals surface area (Å²) >= 11 is 5.92. The van der Waals surface area contributed by atoms with E-state index in [0.29, 0.717) is 22.9 Å². The number of nitrogens with one attached hydrogen (secondary N) is 2. The van der Waals surface area contributed by atoms with Crippen molar-refractivity contribution in [2.75, 3.05) is 18.4 Å². The maximum absolute atomic E-state index is 11.7. The van der Waals surface area contributed by atoms with Crippen LogP contribution in [0.15, 0.2) is 12.3 Å². The maximum Gasteiger partial charge on any atom is 0.252 e. The van der Waals surface area contributed by atoms with Gasteiger partial charge in [-0.3, -0.25) is 4.79 Å². The van der Waals surface area contributed by atoms with Gasteiger partial charge >= 0.3 is 0 Å². The number of rotatable bonds is 5. The Kier molecular flexibility index (Phi) is 5.05. The van der Waals surface area contributed by atoms with Crippen LogP contribution in [-0.2, 0) is 0 Å². The van der Waals surface area contributed by atoms with Crippen molar-refractivity contribution in [3.63, 3.8) is 0 Å². The molecule has 5 heteroatoms. The lowest BCUT2D eigenvalue weighted by Gasteiger charge is -2.08. The van der Waals surface area contributed by atoms with Gasteiger partial charge in [-0.1, -0.05) is 18.5 Å². The van der Waals surface area contributed by atoms with E-state index in [4.69, 9.17) is 11.6 Å². The monoisotopic (exact) mass is 241 g/mol. The Labute approximate surface area is 100 Å². The fraction of sp³-hybridized carbons (Fsp3) is 0.455. The lowest BCUT2D eigenvalue weighted by Crippen LogP contribution is -2.24. The summed E-state index contributed by atoms with van der Waals surface area (Å²) in [6, 6.07) is 1.66. The van der Waals surface area contributed by atoms with Crippen LogP contribution in [0.2, 0.25) is 5.02 Å². The van der Waals surface area contributed by atoms with E-state index in [0.717, 1.165) is 13.0 Å². The van der Waals surface area contributed by atoms with Crippen molar-refractivity contribution in [2.24, 2.45) is 0 Å². The number of hydrogen-bond acceptors (Lipinski definition) is 3. The Bertz CT molecular complexity index is 368. The number of anilines is 1. The summed E-state index contributed by atoms with van der Waals surface area (Å²) in [6.45, 7) is 5.37. The Morgan fingerprint density at radius 2 is 2.25 bits per heavy atom. The first-order chi connectivity index (χ1) is 7.69. The van der Waals surface area contributed by atoms with Gasteiger partial charge in [0.25, 0.3) is 5.91 Å². The molecule has 0 saturated carbocycles. The molecule has 1 heterocycles. The number of amides is 1. The van der Waals surface area contributed by atoms with Gasteiger partial charge in [-0.2, -0.15) is 0 Å². The molecule has 1 amide bonds. The summed E-state index contributed by atoms with van der Waals surface area (Å²) in [5, 5.41) is 6.19. The maximum atomic E-state index is 11.7. The number of nitrogens with zero attached hydrogens (tertiary/aromatic N) is 1. The summed E-state index contributed by atoms with van der Waals surface area (Å²) in [5.74, 6) is 0.502. The molecule has 0 unspecified atom stereocenters. The molecule has 16 heavy (non-hydrogen) atoms. The van der Waals surface area contributed by atoms with Gasteiger partial charge in [-0.15, -0.1) is 0 Å². The molecular weight excluding hydrogens is 226 g/mol. The van der Waals surface area contributed by atoms with Crippen LogP contribution in [0.1, 0.15) is 30.6 Å². The van der Waals surface area contributed by atoms with Crippen LogP contribution in [0.3, 0.4) is 0 Å². The standard InChI is InChI=1S/C11H16ClN3O/c1-3-5-14-11(16)8-6-10(13-4-2)15-7-9(8)12/h6-7H,3-5H2,1-2H3,(H,13,15)(H,14,16). The first kappa shape index (κ1) is 12.8. The average Bonchev–Trinajstić information content (AvgIpc) is 2.29. The summed E-state index contributed by atoms with van der Waals surface area (Å²) < 4.78 is 0. The number of carbonyl (C=O) groups is 1. The zero-order valence-electron chi connectivity index (χ0n) is 9.51. The highest BCUT2D eigenvalue weighted by Gasteiger charge is 2.10. The second-order valence-corrected chi connectivity index (χ2v) is 3.74. The Morgan fingerprint density at radius 3 is 2.88 bits per heavy atom. The molecule has 1 aromatic rings. The van der Waals surface area contributed by atoms with Crippen molar-refractivity contribution in [3.05, 3.63) is 22.8 Å². The van der Waals surface area contributed by atoms with Crippen LogP contribution in [0.5, 0.6) is 0 Å². The number of hydrogen-bond donors (Lipinski definition) is 2. The number of carbonyl (C=O) groups excluding carboxylic acids is 1. The van der Waals surface area contributed by atoms with Crippen LogP contribution < -0.4 is 10.6 Å². The molecule has 0 spiro atoms. The Balaban J connectivity index is 2.84. The molecule has 1 rings (SSSR count). The lowest BCUT2D eigenvalue weighted by molar-refractivity contribution is 0.0954. The largest absolute Gasteiger partial charge is 0.370 e. The van der Waals surface area contributed by atoms with Gasteiger partial charge in [-0.25, -0.2) is 4.98 Å². The van der Waals surface area contributed by atoms with Crippen molar-refractivity contribution in [1.29, 1.82) is 0 Å². The Morgan fingerprint density at radius 1 is 1.50 bits per heavy atom. The third kappa shape index (κ3) is 3.38. The highest BCUT2D eigenvalue weighted by molar-refractivity contribution is 6.33. The molecule has 0 atom stereocenters. The van der Waals surface area contributed by atoms with Gasteiger partial charge in [-0.05, 0) is 19.4 Å². The van der Waals surface area contributed by atoms with Crippen LogP contribution in [0.4, 0.5) is 5.82 Å². The molecule has 0 aliphatic carbocycles. The predicted molar refractivity (Wildman–Crippen MR) is 66.0 cm³/mol. The third-order valence-electron chi connectivity index (χ3n) is 1.99. The minimum atomic E-state index is -0.159. The molecule has 88 valence electrons. The molecule has 0 radical (unpaired) electrons. The molecule has 0 saturated heterocycles. The third-order valence-corrected chi connectivity index (χ3v) is 2.29. The van der Waals surface area contributed by atoms with Crippen molar-refractivity contribution in [3.8, 4) is 0 Å². The molecular formula is C11H16ClN3O. The zero-order chi connectivity index (χ0) is 12.0. The summed E-state index contributed by atoms with van der Waals surface area (Å²) in [5.41, 5.74) is 0.459. The van der Waals surface area contributed by atoms with E-state index in [9.17, 15) is 4.79 Å². The van der Waals surface area contributed by atoms with Crippen LogP contribution in [0, 0.1) is 0 Å². The molecule has 4 nitrogen and oxygen atoms in total. The highest BCUT2D eigenvalue weighted by Crippen LogP contribution is 2.17. The first-order valence-electron chi connectivity index (χ1n) is 5.36. The molecule has 2 N–H and O–H groups in total. The quantitative estimate of drug-likeness (QED) is 0.832. The first-order valence-corrected chi connectivity index (χ1v) is 5.74. The normalized spacial score (nSPS) is 9.94. The highest BCUT2D eigenvalue weighted by atomic mass is 35.5. The molecule has 0 fully saturated rings. The minimum Gasteiger partial charge on any atom is -0.370 e. The van der Waals surface area contributed by atoms with Crippen LogP contribution in [0.25, 0.3) is 0 Å². The van der Waals surface area contributed by atoms with E-state index in [1.54, 1.807) is 6.07 Å². The van der Waals surface area contributed by atoms with E-state index >= 15 is 0 Å². The van der Waals surface area contributed by atoms with Crippen molar-refractivity contribution >= 4 is 23.3 Å². The molecule has 0 aromatic carbocycles. The average molecular weight is 242 g/mol. The summed E-state index contributed by atoms with van der Waals surface area (Å²) in [4.78, 5) is 15.8. The second-order valence-electron chi connectivity index (χ2n) is 3.34. The van der Waals surface area contributed by atoms with E-state index in [1.165, 1.54) is 6.20 Å². The molecule has 1 aromatic heterocycles. The topological polar surface area (TPSA) is 54.0 Å². The van der Waals surface area contributed by atoms with Crippen molar-refractivity contribution in [1.82, 2.24) is 10.3 Å². The van der Waals surface area contributed by atoms with Gasteiger partial charge in [0.05, 0.1) is 10.6 Å². The molecule has 0 bridgehead atoms. The fourth-order valence-electron chi connectivity index (χ4n) is 1.22. The van der Waals surface area contributed by atoms with E-state index in [1.807, 2.05) is 13.8 Å². The Hall–Kier alpha value is -1.29. The van der Waals surface area contributed by atoms with Gasteiger partial charge in [0.2, 0.25) is 0 Å².